The van der Waals surface area contributed by atoms with Crippen molar-refractivity contribution < 1.29 is 9.66 Å². The molecule has 2 aromatic rings. The lowest BCUT2D eigenvalue weighted by Crippen LogP contribution is -1.98. The molecular formula is C9H3BrCl2N4O3. The zero-order valence-corrected chi connectivity index (χ0v) is 12.0. The smallest absolute Gasteiger partial charge is 0.312 e. The van der Waals surface area contributed by atoms with E-state index < -0.39 is 4.92 Å². The number of benzene rings is 1. The van der Waals surface area contributed by atoms with Gasteiger partial charge in [-0.3, -0.25) is 10.1 Å². The fourth-order valence-corrected chi connectivity index (χ4v) is 1.85. The summed E-state index contributed by atoms with van der Waals surface area (Å²) < 4.78 is 5.66. The molecule has 1 heterocycles. The summed E-state index contributed by atoms with van der Waals surface area (Å²) in [6.07, 6.45) is 0. The molecule has 0 aliphatic heterocycles. The van der Waals surface area contributed by atoms with Crippen LogP contribution in [0, 0.1) is 10.1 Å². The number of nitro groups is 1. The average molecular weight is 366 g/mol. The maximum Gasteiger partial charge on any atom is 0.312 e. The van der Waals surface area contributed by atoms with Crippen LogP contribution in [-0.2, 0) is 0 Å². The average Bonchev–Trinajstić information content (AvgIpc) is 2.35. The number of rotatable bonds is 3. The van der Waals surface area contributed by atoms with E-state index in [-0.39, 0.29) is 27.8 Å². The molecule has 19 heavy (non-hydrogen) atoms. The molecule has 0 radical (unpaired) electrons. The molecule has 0 saturated heterocycles. The van der Waals surface area contributed by atoms with Crippen molar-refractivity contribution in [1.82, 2.24) is 15.2 Å². The van der Waals surface area contributed by atoms with Gasteiger partial charge in [-0.2, -0.15) is 4.98 Å². The number of aromatic nitrogens is 3. The number of para-hydroxylation sites is 1. The molecule has 1 aromatic carbocycles. The highest BCUT2D eigenvalue weighted by atomic mass is 79.9. The minimum atomic E-state index is -0.593. The van der Waals surface area contributed by atoms with Crippen LogP contribution in [0.25, 0.3) is 0 Å². The highest BCUT2D eigenvalue weighted by molar-refractivity contribution is 9.10. The van der Waals surface area contributed by atoms with Crippen molar-refractivity contribution in [2.75, 3.05) is 0 Å². The van der Waals surface area contributed by atoms with Gasteiger partial charge < -0.3 is 4.74 Å². The van der Waals surface area contributed by atoms with Crippen LogP contribution < -0.4 is 4.74 Å². The van der Waals surface area contributed by atoms with Crippen LogP contribution >= 0.6 is 39.1 Å². The lowest BCUT2D eigenvalue weighted by molar-refractivity contribution is -0.385. The third kappa shape index (κ3) is 3.09. The van der Waals surface area contributed by atoms with Gasteiger partial charge >= 0.3 is 5.69 Å². The van der Waals surface area contributed by atoms with Crippen LogP contribution in [-0.4, -0.2) is 20.1 Å². The standard InChI is InChI=1S/C9H3BrCl2N4O3/c10-4-2-1-3-5(16(17)18)6(4)19-8-7(11)14-15-9(12)13-8/h1-3H. The van der Waals surface area contributed by atoms with E-state index in [9.17, 15) is 10.1 Å². The van der Waals surface area contributed by atoms with E-state index >= 15 is 0 Å². The quantitative estimate of drug-likeness (QED) is 0.609. The van der Waals surface area contributed by atoms with E-state index in [0.29, 0.717) is 4.47 Å². The topological polar surface area (TPSA) is 91.0 Å². The van der Waals surface area contributed by atoms with Gasteiger partial charge in [-0.25, -0.2) is 0 Å². The summed E-state index contributed by atoms with van der Waals surface area (Å²) in [4.78, 5) is 14.0. The molecule has 7 nitrogen and oxygen atoms in total. The first-order chi connectivity index (χ1) is 8.99. The minimum Gasteiger partial charge on any atom is -0.428 e. The first-order valence-electron chi connectivity index (χ1n) is 4.65. The molecule has 0 aliphatic carbocycles. The summed E-state index contributed by atoms with van der Waals surface area (Å²) in [6, 6.07) is 4.36. The Kier molecular flexibility index (Phi) is 4.13. The molecule has 98 valence electrons. The Hall–Kier alpha value is -1.51. The number of nitro benzene ring substituents is 1. The maximum absolute atomic E-state index is 10.9. The molecule has 0 saturated carbocycles. The molecule has 1 aromatic heterocycles. The number of hydrogen-bond donors (Lipinski definition) is 0. The van der Waals surface area contributed by atoms with Crippen LogP contribution in [0.4, 0.5) is 5.69 Å². The lowest BCUT2D eigenvalue weighted by Gasteiger charge is -2.07. The molecule has 0 unspecified atom stereocenters. The van der Waals surface area contributed by atoms with E-state index in [1.54, 1.807) is 6.07 Å². The summed E-state index contributed by atoms with van der Waals surface area (Å²) in [7, 11) is 0. The van der Waals surface area contributed by atoms with Gasteiger partial charge in [0.05, 0.1) is 9.40 Å². The number of ether oxygens (including phenoxy) is 1. The molecule has 10 heteroatoms. The second-order valence-electron chi connectivity index (χ2n) is 3.12. The van der Waals surface area contributed by atoms with Gasteiger partial charge in [0.2, 0.25) is 16.2 Å². The Morgan fingerprint density at radius 3 is 2.74 bits per heavy atom. The van der Waals surface area contributed by atoms with Gasteiger partial charge in [-0.05, 0) is 33.6 Å². The first-order valence-corrected chi connectivity index (χ1v) is 6.20. The molecule has 0 bridgehead atoms. The maximum atomic E-state index is 10.9. The Morgan fingerprint density at radius 1 is 1.32 bits per heavy atom. The monoisotopic (exact) mass is 364 g/mol. The Labute approximate surface area is 124 Å². The zero-order chi connectivity index (χ0) is 14.0. The van der Waals surface area contributed by atoms with E-state index in [4.69, 9.17) is 27.9 Å². The first kappa shape index (κ1) is 13.9. The second-order valence-corrected chi connectivity index (χ2v) is 4.67. The fourth-order valence-electron chi connectivity index (χ4n) is 1.18. The summed E-state index contributed by atoms with van der Waals surface area (Å²) >= 11 is 14.4. The van der Waals surface area contributed by atoms with Crippen LogP contribution in [0.5, 0.6) is 11.6 Å². The number of hydrogen-bond acceptors (Lipinski definition) is 6. The highest BCUT2D eigenvalue weighted by Crippen LogP contribution is 2.38. The molecule has 0 aliphatic rings. The molecule has 0 atom stereocenters. The minimum absolute atomic E-state index is 0.0500. The van der Waals surface area contributed by atoms with Crippen molar-refractivity contribution in [2.24, 2.45) is 0 Å². The van der Waals surface area contributed by atoms with Gasteiger partial charge in [0.25, 0.3) is 5.88 Å². The van der Waals surface area contributed by atoms with Crippen molar-refractivity contribution in [3.8, 4) is 11.6 Å². The Balaban J connectivity index is 2.49. The number of nitrogens with zero attached hydrogens (tertiary/aromatic N) is 4. The molecule has 0 spiro atoms. The predicted molar refractivity (Wildman–Crippen MR) is 70.7 cm³/mol. The van der Waals surface area contributed by atoms with Crippen LogP contribution in [0.3, 0.4) is 0 Å². The normalized spacial score (nSPS) is 10.3. The Bertz CT molecular complexity index is 655. The third-order valence-electron chi connectivity index (χ3n) is 1.93. The van der Waals surface area contributed by atoms with Crippen molar-refractivity contribution in [3.05, 3.63) is 43.2 Å². The molecular weight excluding hydrogens is 363 g/mol. The largest absolute Gasteiger partial charge is 0.428 e. The fraction of sp³-hybridized carbons (Fsp3) is 0. The van der Waals surface area contributed by atoms with Gasteiger partial charge in [-0.15, -0.1) is 10.2 Å². The summed E-state index contributed by atoms with van der Waals surface area (Å²) in [5.74, 6) is -0.220. The highest BCUT2D eigenvalue weighted by Gasteiger charge is 2.21. The van der Waals surface area contributed by atoms with Crippen LogP contribution in [0.2, 0.25) is 10.4 Å². The van der Waals surface area contributed by atoms with Gasteiger partial charge in [0.1, 0.15) is 0 Å². The van der Waals surface area contributed by atoms with Gasteiger partial charge in [0, 0.05) is 6.07 Å². The summed E-state index contributed by atoms with van der Waals surface area (Å²) in [6.45, 7) is 0. The van der Waals surface area contributed by atoms with E-state index in [1.165, 1.54) is 12.1 Å². The second kappa shape index (κ2) is 5.64. The van der Waals surface area contributed by atoms with Crippen molar-refractivity contribution in [1.29, 1.82) is 0 Å². The van der Waals surface area contributed by atoms with E-state index in [0.717, 1.165) is 0 Å². The molecule has 2 rings (SSSR count). The van der Waals surface area contributed by atoms with Crippen LogP contribution in [0.15, 0.2) is 22.7 Å². The van der Waals surface area contributed by atoms with Crippen molar-refractivity contribution in [3.63, 3.8) is 0 Å². The number of halogens is 3. The van der Waals surface area contributed by atoms with E-state index in [1.807, 2.05) is 0 Å². The van der Waals surface area contributed by atoms with Crippen molar-refractivity contribution >= 4 is 44.8 Å². The van der Waals surface area contributed by atoms with Gasteiger partial charge in [-0.1, -0.05) is 17.7 Å². The lowest BCUT2D eigenvalue weighted by atomic mass is 10.3. The molecule has 0 fully saturated rings. The summed E-state index contributed by atoms with van der Waals surface area (Å²) in [5.41, 5.74) is -0.250. The predicted octanol–water partition coefficient (Wildman–Crippen LogP) is 3.64. The Morgan fingerprint density at radius 2 is 2.05 bits per heavy atom. The van der Waals surface area contributed by atoms with Crippen molar-refractivity contribution in [2.45, 2.75) is 0 Å². The zero-order valence-electron chi connectivity index (χ0n) is 8.88. The summed E-state index contributed by atoms with van der Waals surface area (Å²) in [5, 5.41) is 17.5. The molecule has 0 amide bonds. The van der Waals surface area contributed by atoms with E-state index in [2.05, 4.69) is 31.1 Å². The SMILES string of the molecule is O=[N+]([O-])c1cccc(Br)c1Oc1nc(Cl)nnc1Cl. The van der Waals surface area contributed by atoms with Gasteiger partial charge in [0.15, 0.2) is 0 Å². The van der Waals surface area contributed by atoms with Crippen LogP contribution in [0.1, 0.15) is 0 Å². The third-order valence-corrected chi connectivity index (χ3v) is 2.95. The molecule has 0 N–H and O–H groups in total.